The Morgan fingerprint density at radius 3 is 2.65 bits per heavy atom. The summed E-state index contributed by atoms with van der Waals surface area (Å²) in [5.41, 5.74) is -0.545. The average molecular weight is 548 g/mol. The zero-order valence-corrected chi connectivity index (χ0v) is 20.4. The van der Waals surface area contributed by atoms with Crippen LogP contribution in [-0.4, -0.2) is 63.7 Å². The zero-order chi connectivity index (χ0) is 25.9. The van der Waals surface area contributed by atoms with E-state index in [0.717, 1.165) is 12.1 Å². The first kappa shape index (κ1) is 23.8. The van der Waals surface area contributed by atoms with Crippen LogP contribution < -0.4 is 0 Å². The molecule has 0 saturated carbocycles. The first-order valence-electron chi connectivity index (χ1n) is 11.2. The summed E-state index contributed by atoms with van der Waals surface area (Å²) in [5.74, 6) is -5.48. The number of hydrogen-bond donors (Lipinski definition) is 0. The number of halogens is 4. The van der Waals surface area contributed by atoms with E-state index < -0.39 is 34.6 Å². The van der Waals surface area contributed by atoms with Gasteiger partial charge in [0.1, 0.15) is 5.52 Å². The number of alkyl halides is 2. The summed E-state index contributed by atoms with van der Waals surface area (Å²) in [6, 6.07) is 10.4. The molecule has 2 aromatic carbocycles. The Labute approximate surface area is 217 Å². The quantitative estimate of drug-likeness (QED) is 0.342. The van der Waals surface area contributed by atoms with E-state index in [1.807, 2.05) is 0 Å². The molecule has 2 aliphatic heterocycles. The highest BCUT2D eigenvalue weighted by molar-refractivity contribution is 6.42. The Balaban J connectivity index is 1.31. The molecular weight excluding hydrogens is 531 g/mol. The van der Waals surface area contributed by atoms with Crippen molar-refractivity contribution in [1.82, 2.24) is 25.2 Å². The summed E-state index contributed by atoms with van der Waals surface area (Å²) in [6.07, 6.45) is 0.703. The third-order valence-corrected chi connectivity index (χ3v) is 7.73. The molecular formula is C24H17Cl2F2N5O4. The molecule has 4 aromatic rings. The van der Waals surface area contributed by atoms with E-state index in [1.54, 1.807) is 29.2 Å². The van der Waals surface area contributed by atoms with Crippen molar-refractivity contribution in [2.75, 3.05) is 26.2 Å². The molecule has 1 atom stereocenters. The third kappa shape index (κ3) is 3.75. The number of amides is 2. The molecule has 13 heteroatoms. The number of benzene rings is 2. The molecule has 2 amide bonds. The summed E-state index contributed by atoms with van der Waals surface area (Å²) >= 11 is 11.8. The van der Waals surface area contributed by atoms with Gasteiger partial charge in [-0.15, -0.1) is 10.2 Å². The van der Waals surface area contributed by atoms with E-state index in [-0.39, 0.29) is 34.8 Å². The summed E-state index contributed by atoms with van der Waals surface area (Å²) < 4.78 is 41.3. The SMILES string of the molecule is O=CN1CC2(C1)CN(C(=O)c1onc3ccccc13)CC2c1nnc(C(F)(F)c2ccc(Cl)c(Cl)c2)o1. The Hall–Kier alpha value is -3.57. The van der Waals surface area contributed by atoms with Crippen LogP contribution >= 0.6 is 23.2 Å². The smallest absolute Gasteiger partial charge is 0.349 e. The lowest BCUT2D eigenvalue weighted by Crippen LogP contribution is -2.59. The molecule has 190 valence electrons. The second-order valence-corrected chi connectivity index (χ2v) is 10.1. The molecule has 1 spiro atoms. The van der Waals surface area contributed by atoms with Crippen molar-refractivity contribution in [2.24, 2.45) is 5.41 Å². The molecule has 2 fully saturated rings. The normalized spacial score (nSPS) is 19.0. The van der Waals surface area contributed by atoms with Gasteiger partial charge in [0.15, 0.2) is 0 Å². The van der Waals surface area contributed by atoms with Crippen LogP contribution in [0.1, 0.15) is 33.8 Å². The maximum Gasteiger partial charge on any atom is 0.349 e. The predicted octanol–water partition coefficient (Wildman–Crippen LogP) is 4.36. The van der Waals surface area contributed by atoms with Gasteiger partial charge in [-0.3, -0.25) is 9.59 Å². The van der Waals surface area contributed by atoms with Crippen LogP contribution in [-0.2, 0) is 10.7 Å². The molecule has 9 nitrogen and oxygen atoms in total. The maximum atomic E-state index is 15.2. The Morgan fingerprint density at radius 1 is 1.11 bits per heavy atom. The third-order valence-electron chi connectivity index (χ3n) is 6.99. The van der Waals surface area contributed by atoms with Gasteiger partial charge >= 0.3 is 5.92 Å². The molecule has 0 bridgehead atoms. The van der Waals surface area contributed by atoms with Gasteiger partial charge in [0.05, 0.1) is 21.3 Å². The van der Waals surface area contributed by atoms with Crippen molar-refractivity contribution in [3.05, 3.63) is 75.6 Å². The summed E-state index contributed by atoms with van der Waals surface area (Å²) in [7, 11) is 0. The van der Waals surface area contributed by atoms with E-state index >= 15 is 8.78 Å². The average Bonchev–Trinajstić information content (AvgIpc) is 3.60. The number of likely N-dealkylation sites (tertiary alicyclic amines) is 2. The van der Waals surface area contributed by atoms with Crippen molar-refractivity contribution >= 4 is 46.4 Å². The van der Waals surface area contributed by atoms with Crippen molar-refractivity contribution < 1.29 is 27.3 Å². The lowest BCUT2D eigenvalue weighted by molar-refractivity contribution is -0.129. The second kappa shape index (κ2) is 8.49. The zero-order valence-electron chi connectivity index (χ0n) is 18.9. The highest BCUT2D eigenvalue weighted by Gasteiger charge is 2.58. The fourth-order valence-corrected chi connectivity index (χ4v) is 5.42. The largest absolute Gasteiger partial charge is 0.419 e. The predicted molar refractivity (Wildman–Crippen MR) is 126 cm³/mol. The lowest BCUT2D eigenvalue weighted by atomic mass is 9.72. The molecule has 0 aliphatic carbocycles. The number of fused-ring (bicyclic) bond motifs is 1. The Kier molecular flexibility index (Phi) is 5.46. The summed E-state index contributed by atoms with van der Waals surface area (Å²) in [5, 5.41) is 12.2. The number of carbonyl (C=O) groups is 2. The maximum absolute atomic E-state index is 15.2. The number of aromatic nitrogens is 3. The minimum absolute atomic E-state index is 0.0363. The van der Waals surface area contributed by atoms with E-state index in [1.165, 1.54) is 11.0 Å². The molecule has 2 saturated heterocycles. The van der Waals surface area contributed by atoms with Crippen LogP contribution in [0, 0.1) is 5.41 Å². The first-order chi connectivity index (χ1) is 17.7. The van der Waals surface area contributed by atoms with Gasteiger partial charge in [-0.05, 0) is 24.3 Å². The minimum Gasteiger partial charge on any atom is -0.419 e. The van der Waals surface area contributed by atoms with E-state index in [4.69, 9.17) is 32.1 Å². The topological polar surface area (TPSA) is 106 Å². The number of rotatable bonds is 5. The van der Waals surface area contributed by atoms with Crippen LogP contribution in [0.4, 0.5) is 8.78 Å². The van der Waals surface area contributed by atoms with E-state index in [0.29, 0.717) is 30.4 Å². The molecule has 2 aliphatic rings. The van der Waals surface area contributed by atoms with Crippen molar-refractivity contribution in [1.29, 1.82) is 0 Å². The van der Waals surface area contributed by atoms with Crippen LogP contribution in [0.5, 0.6) is 0 Å². The summed E-state index contributed by atoms with van der Waals surface area (Å²) in [4.78, 5) is 27.8. The monoisotopic (exact) mass is 547 g/mol. The van der Waals surface area contributed by atoms with Gasteiger partial charge < -0.3 is 18.7 Å². The molecule has 6 rings (SSSR count). The molecule has 4 heterocycles. The standard InChI is InChI=1S/C24H17Cl2F2N5O4/c25-16-6-5-13(7-17(16)26)24(27,28)22-30-29-20(36-22)15-8-33(11-23(15)9-32(10-23)12-34)21(35)19-14-3-1-2-4-18(14)31-37-19/h1-7,12,15H,8-11H2. The van der Waals surface area contributed by atoms with Crippen LogP contribution in [0.3, 0.4) is 0 Å². The van der Waals surface area contributed by atoms with Crippen LogP contribution in [0.25, 0.3) is 10.9 Å². The van der Waals surface area contributed by atoms with Gasteiger partial charge in [-0.25, -0.2) is 0 Å². The molecule has 0 N–H and O–H groups in total. The van der Waals surface area contributed by atoms with Crippen molar-refractivity contribution in [3.8, 4) is 0 Å². The van der Waals surface area contributed by atoms with E-state index in [2.05, 4.69) is 15.4 Å². The minimum atomic E-state index is -3.63. The van der Waals surface area contributed by atoms with Gasteiger partial charge in [-0.2, -0.15) is 8.78 Å². The van der Waals surface area contributed by atoms with Gasteiger partial charge in [0, 0.05) is 37.2 Å². The fraction of sp³-hybridized carbons (Fsp3) is 0.292. The van der Waals surface area contributed by atoms with Crippen molar-refractivity contribution in [3.63, 3.8) is 0 Å². The lowest BCUT2D eigenvalue weighted by Gasteiger charge is -2.48. The number of nitrogens with zero attached hydrogens (tertiary/aromatic N) is 5. The van der Waals surface area contributed by atoms with Gasteiger partial charge in [0.2, 0.25) is 18.1 Å². The van der Waals surface area contributed by atoms with Crippen molar-refractivity contribution in [2.45, 2.75) is 11.8 Å². The van der Waals surface area contributed by atoms with Gasteiger partial charge in [-0.1, -0.05) is 46.6 Å². The highest BCUT2D eigenvalue weighted by Crippen LogP contribution is 2.49. The van der Waals surface area contributed by atoms with Crippen LogP contribution in [0.15, 0.2) is 51.4 Å². The highest BCUT2D eigenvalue weighted by atomic mass is 35.5. The summed E-state index contributed by atoms with van der Waals surface area (Å²) in [6.45, 7) is 0.975. The number of carbonyl (C=O) groups excluding carboxylic acids is 2. The molecule has 2 aromatic heterocycles. The Morgan fingerprint density at radius 2 is 1.89 bits per heavy atom. The molecule has 0 radical (unpaired) electrons. The first-order valence-corrected chi connectivity index (χ1v) is 12.0. The molecule has 1 unspecified atom stereocenters. The van der Waals surface area contributed by atoms with Gasteiger partial charge in [0.25, 0.3) is 11.8 Å². The second-order valence-electron chi connectivity index (χ2n) is 9.29. The fourth-order valence-electron chi connectivity index (χ4n) is 5.13. The number of hydrogen-bond acceptors (Lipinski definition) is 7. The Bertz CT molecular complexity index is 1530. The van der Waals surface area contributed by atoms with E-state index in [9.17, 15) is 9.59 Å². The molecule has 37 heavy (non-hydrogen) atoms. The van der Waals surface area contributed by atoms with Crippen LogP contribution in [0.2, 0.25) is 10.0 Å².